The molecule has 2 saturated carbocycles. The van der Waals surface area contributed by atoms with Crippen LogP contribution in [0, 0.1) is 11.8 Å². The average molecular weight is 261 g/mol. The summed E-state index contributed by atoms with van der Waals surface area (Å²) in [4.78, 5) is 16.0. The molecule has 0 unspecified atom stereocenters. The van der Waals surface area contributed by atoms with Gasteiger partial charge in [0, 0.05) is 31.4 Å². The molecule has 2 fully saturated rings. The Morgan fingerprint density at radius 1 is 1.32 bits per heavy atom. The highest BCUT2D eigenvalue weighted by atomic mass is 16.1. The molecule has 1 aromatic heterocycles. The number of carbonyl (C=O) groups is 1. The predicted molar refractivity (Wildman–Crippen MR) is 73.5 cm³/mol. The average Bonchev–Trinajstić information content (AvgIpc) is 3.08. The number of aromatic nitrogens is 2. The van der Waals surface area contributed by atoms with Gasteiger partial charge in [-0.15, -0.1) is 0 Å². The standard InChI is InChI=1S/C15H23N3O/c19-15(5-2-9-18-10-8-16-11-18)17-14-7-6-12-3-1-4-13(12)14/h8,10-14H,1-7,9H2,(H,17,19)/t12-,13-,14-/m1/s1. The molecule has 4 nitrogen and oxygen atoms in total. The Labute approximate surface area is 114 Å². The maximum atomic E-state index is 12.0. The zero-order valence-electron chi connectivity index (χ0n) is 11.4. The molecule has 1 amide bonds. The number of nitrogens with one attached hydrogen (secondary N) is 1. The van der Waals surface area contributed by atoms with Crippen molar-refractivity contribution in [3.63, 3.8) is 0 Å². The highest BCUT2D eigenvalue weighted by molar-refractivity contribution is 5.76. The molecule has 3 rings (SSSR count). The van der Waals surface area contributed by atoms with E-state index in [0.29, 0.717) is 12.5 Å². The molecule has 1 heterocycles. The number of fused-ring (bicyclic) bond motifs is 1. The zero-order chi connectivity index (χ0) is 13.1. The second-order valence-corrected chi connectivity index (χ2v) is 6.01. The largest absolute Gasteiger partial charge is 0.353 e. The van der Waals surface area contributed by atoms with Crippen molar-refractivity contribution >= 4 is 5.91 Å². The van der Waals surface area contributed by atoms with Gasteiger partial charge in [-0.3, -0.25) is 4.79 Å². The minimum Gasteiger partial charge on any atom is -0.353 e. The summed E-state index contributed by atoms with van der Waals surface area (Å²) in [7, 11) is 0. The molecule has 19 heavy (non-hydrogen) atoms. The van der Waals surface area contributed by atoms with Gasteiger partial charge in [0.05, 0.1) is 6.33 Å². The summed E-state index contributed by atoms with van der Waals surface area (Å²) in [5.41, 5.74) is 0. The van der Waals surface area contributed by atoms with Crippen molar-refractivity contribution in [3.8, 4) is 0 Å². The van der Waals surface area contributed by atoms with Crippen molar-refractivity contribution in [2.75, 3.05) is 0 Å². The first-order valence-corrected chi connectivity index (χ1v) is 7.58. The lowest BCUT2D eigenvalue weighted by Gasteiger charge is -2.20. The number of hydrogen-bond acceptors (Lipinski definition) is 2. The first kappa shape index (κ1) is 12.7. The van der Waals surface area contributed by atoms with Crippen molar-refractivity contribution in [3.05, 3.63) is 18.7 Å². The number of nitrogens with zero attached hydrogens (tertiary/aromatic N) is 2. The molecule has 0 aromatic carbocycles. The second kappa shape index (κ2) is 5.76. The summed E-state index contributed by atoms with van der Waals surface area (Å²) in [6.45, 7) is 0.879. The van der Waals surface area contributed by atoms with Crippen LogP contribution in [0.4, 0.5) is 0 Å². The molecular formula is C15H23N3O. The number of rotatable bonds is 5. The maximum Gasteiger partial charge on any atom is 0.220 e. The van der Waals surface area contributed by atoms with Crippen molar-refractivity contribution in [2.45, 2.75) is 57.5 Å². The summed E-state index contributed by atoms with van der Waals surface area (Å²) >= 11 is 0. The van der Waals surface area contributed by atoms with E-state index in [9.17, 15) is 4.79 Å². The van der Waals surface area contributed by atoms with Crippen LogP contribution >= 0.6 is 0 Å². The SMILES string of the molecule is O=C(CCCn1ccnc1)N[C@@H]1CC[C@H]2CCC[C@H]21. The fourth-order valence-corrected chi connectivity index (χ4v) is 3.86. The van der Waals surface area contributed by atoms with Gasteiger partial charge in [0.25, 0.3) is 0 Å². The Balaban J connectivity index is 1.39. The van der Waals surface area contributed by atoms with E-state index in [0.717, 1.165) is 24.8 Å². The van der Waals surface area contributed by atoms with Gasteiger partial charge < -0.3 is 9.88 Å². The van der Waals surface area contributed by atoms with Gasteiger partial charge in [0.15, 0.2) is 0 Å². The zero-order valence-corrected chi connectivity index (χ0v) is 11.4. The van der Waals surface area contributed by atoms with Gasteiger partial charge in [-0.1, -0.05) is 12.8 Å². The monoisotopic (exact) mass is 261 g/mol. The molecule has 4 heteroatoms. The van der Waals surface area contributed by atoms with Crippen LogP contribution in [0.15, 0.2) is 18.7 Å². The lowest BCUT2D eigenvalue weighted by molar-refractivity contribution is -0.122. The first-order valence-electron chi connectivity index (χ1n) is 7.58. The van der Waals surface area contributed by atoms with E-state index in [2.05, 4.69) is 10.3 Å². The van der Waals surface area contributed by atoms with Gasteiger partial charge in [0.2, 0.25) is 5.91 Å². The van der Waals surface area contributed by atoms with E-state index in [1.165, 1.54) is 32.1 Å². The molecule has 1 N–H and O–H groups in total. The van der Waals surface area contributed by atoms with E-state index in [1.807, 2.05) is 10.8 Å². The molecular weight excluding hydrogens is 238 g/mol. The predicted octanol–water partition coefficient (Wildman–Crippen LogP) is 2.36. The lowest BCUT2D eigenvalue weighted by Crippen LogP contribution is -2.37. The maximum absolute atomic E-state index is 12.0. The van der Waals surface area contributed by atoms with Crippen molar-refractivity contribution in [1.29, 1.82) is 0 Å². The normalized spacial score (nSPS) is 29.4. The topological polar surface area (TPSA) is 46.9 Å². The summed E-state index contributed by atoms with van der Waals surface area (Å²) in [5.74, 6) is 1.91. The van der Waals surface area contributed by atoms with Crippen molar-refractivity contribution in [2.24, 2.45) is 11.8 Å². The summed E-state index contributed by atoms with van der Waals surface area (Å²) < 4.78 is 2.02. The number of imidazole rings is 1. The summed E-state index contributed by atoms with van der Waals surface area (Å²) in [6, 6.07) is 0.466. The third-order valence-electron chi connectivity index (χ3n) is 4.81. The Hall–Kier alpha value is -1.32. The molecule has 1 aromatic rings. The smallest absolute Gasteiger partial charge is 0.220 e. The Kier molecular flexibility index (Phi) is 3.85. The summed E-state index contributed by atoms with van der Waals surface area (Å²) in [5, 5.41) is 3.27. The van der Waals surface area contributed by atoms with Crippen LogP contribution in [0.1, 0.15) is 44.9 Å². The van der Waals surface area contributed by atoms with E-state index in [1.54, 1.807) is 12.5 Å². The number of aryl methyl sites for hydroxylation is 1. The van der Waals surface area contributed by atoms with Crippen molar-refractivity contribution in [1.82, 2.24) is 14.9 Å². The van der Waals surface area contributed by atoms with Crippen LogP contribution in [0.5, 0.6) is 0 Å². The Morgan fingerprint density at radius 2 is 2.26 bits per heavy atom. The van der Waals surface area contributed by atoms with Gasteiger partial charge >= 0.3 is 0 Å². The van der Waals surface area contributed by atoms with Crippen LogP contribution in [-0.4, -0.2) is 21.5 Å². The fourth-order valence-electron chi connectivity index (χ4n) is 3.86. The van der Waals surface area contributed by atoms with Gasteiger partial charge in [-0.05, 0) is 37.5 Å². The van der Waals surface area contributed by atoms with Crippen molar-refractivity contribution < 1.29 is 4.79 Å². The Bertz CT molecular complexity index is 415. The molecule has 0 bridgehead atoms. The molecule has 2 aliphatic carbocycles. The van der Waals surface area contributed by atoms with Gasteiger partial charge in [-0.25, -0.2) is 4.98 Å². The van der Waals surface area contributed by atoms with Crippen LogP contribution in [0.2, 0.25) is 0 Å². The molecule has 3 atom stereocenters. The first-order chi connectivity index (χ1) is 9.33. The molecule has 0 spiro atoms. The van der Waals surface area contributed by atoms with Crippen LogP contribution in [0.3, 0.4) is 0 Å². The Morgan fingerprint density at radius 3 is 3.11 bits per heavy atom. The van der Waals surface area contributed by atoms with E-state index in [-0.39, 0.29) is 5.91 Å². The molecule has 2 aliphatic rings. The molecule has 0 aliphatic heterocycles. The van der Waals surface area contributed by atoms with Crippen LogP contribution in [0.25, 0.3) is 0 Å². The second-order valence-electron chi connectivity index (χ2n) is 6.01. The van der Waals surface area contributed by atoms with Crippen LogP contribution in [-0.2, 0) is 11.3 Å². The third kappa shape index (κ3) is 2.99. The van der Waals surface area contributed by atoms with Gasteiger partial charge in [0.1, 0.15) is 0 Å². The molecule has 104 valence electrons. The number of amides is 1. The van der Waals surface area contributed by atoms with Crippen LogP contribution < -0.4 is 5.32 Å². The minimum absolute atomic E-state index is 0.234. The lowest BCUT2D eigenvalue weighted by atomic mass is 9.97. The number of carbonyl (C=O) groups excluding carboxylic acids is 1. The van der Waals surface area contributed by atoms with E-state index >= 15 is 0 Å². The molecule has 0 saturated heterocycles. The van der Waals surface area contributed by atoms with E-state index < -0.39 is 0 Å². The third-order valence-corrected chi connectivity index (χ3v) is 4.81. The highest BCUT2D eigenvalue weighted by Crippen LogP contribution is 2.43. The van der Waals surface area contributed by atoms with E-state index in [4.69, 9.17) is 0 Å². The fraction of sp³-hybridized carbons (Fsp3) is 0.733. The highest BCUT2D eigenvalue weighted by Gasteiger charge is 2.39. The molecule has 0 radical (unpaired) electrons. The minimum atomic E-state index is 0.234. The van der Waals surface area contributed by atoms with Gasteiger partial charge in [-0.2, -0.15) is 0 Å². The quantitative estimate of drug-likeness (QED) is 0.884. The summed E-state index contributed by atoms with van der Waals surface area (Å²) in [6.07, 6.45) is 13.6. The number of hydrogen-bond donors (Lipinski definition) is 1.